The normalized spacial score (nSPS) is 23.4. The summed E-state index contributed by atoms with van der Waals surface area (Å²) in [4.78, 5) is 0. The average Bonchev–Trinajstić information content (AvgIpc) is 2.71. The van der Waals surface area contributed by atoms with E-state index in [9.17, 15) is 0 Å². The minimum atomic E-state index is 1.19. The average molecular weight is 390 g/mol. The first-order chi connectivity index (χ1) is 14.0. The van der Waals surface area contributed by atoms with E-state index in [0.29, 0.717) is 0 Å². The first-order valence-corrected chi connectivity index (χ1v) is 13.6. The summed E-state index contributed by atoms with van der Waals surface area (Å²) in [6, 6.07) is 0. The highest BCUT2D eigenvalue weighted by atomic mass is 14.0. The van der Waals surface area contributed by atoms with Gasteiger partial charge < -0.3 is 0 Å². The van der Waals surface area contributed by atoms with Crippen LogP contribution in [0.15, 0.2) is 6.08 Å². The van der Waals surface area contributed by atoms with E-state index in [1.807, 2.05) is 0 Å². The van der Waals surface area contributed by atoms with Gasteiger partial charge in [0.2, 0.25) is 0 Å². The minimum Gasteiger partial charge on any atom is -0.0811 e. The van der Waals surface area contributed by atoms with Gasteiger partial charge in [0, 0.05) is 0 Å². The van der Waals surface area contributed by atoms with Crippen molar-refractivity contribution in [2.75, 3.05) is 0 Å². The molecular formula is C28H53. The molecule has 28 heavy (non-hydrogen) atoms. The van der Waals surface area contributed by atoms with E-state index in [1.54, 1.807) is 0 Å². The fraction of sp³-hybridized carbons (Fsp3) is 0.929. The standard InChI is InChI=1S/C28H53/c1-2-4-6-8-10-12-14-16-18-20-22-24-26-28-27-25-23-21-19-17-15-13-11-9-7-5-3-1/h1H,2,4-28H2. The number of hydrogen-bond acceptors (Lipinski definition) is 0. The van der Waals surface area contributed by atoms with E-state index in [4.69, 9.17) is 0 Å². The van der Waals surface area contributed by atoms with Crippen molar-refractivity contribution in [1.29, 1.82) is 0 Å². The molecule has 0 saturated heterocycles. The molecule has 0 heterocycles. The summed E-state index contributed by atoms with van der Waals surface area (Å²) in [7, 11) is 0. The van der Waals surface area contributed by atoms with Crippen LogP contribution in [0.2, 0.25) is 0 Å². The lowest BCUT2D eigenvalue weighted by atomic mass is 10.0. The minimum absolute atomic E-state index is 1.19. The Morgan fingerprint density at radius 1 is 0.286 bits per heavy atom. The second-order valence-corrected chi connectivity index (χ2v) is 9.43. The summed E-state index contributed by atoms with van der Waals surface area (Å²) < 4.78 is 0. The zero-order valence-electron chi connectivity index (χ0n) is 19.5. The second-order valence-electron chi connectivity index (χ2n) is 9.43. The smallest absolute Gasteiger partial charge is 0.0279 e. The Hall–Kier alpha value is -0.260. The quantitative estimate of drug-likeness (QED) is 0.386. The van der Waals surface area contributed by atoms with Crippen LogP contribution in [0.25, 0.3) is 0 Å². The van der Waals surface area contributed by atoms with Gasteiger partial charge in [-0.2, -0.15) is 0 Å². The second kappa shape index (κ2) is 23.0. The molecule has 0 atom stereocenters. The lowest BCUT2D eigenvalue weighted by Gasteiger charge is -2.04. The Bertz CT molecular complexity index is 273. The van der Waals surface area contributed by atoms with Gasteiger partial charge in [0.15, 0.2) is 0 Å². The maximum Gasteiger partial charge on any atom is -0.0279 e. The molecule has 1 radical (unpaired) electrons. The van der Waals surface area contributed by atoms with E-state index < -0.39 is 0 Å². The summed E-state index contributed by atoms with van der Waals surface area (Å²) in [5.41, 5.74) is 0. The summed E-state index contributed by atoms with van der Waals surface area (Å²) in [5.74, 6) is 0. The molecule has 0 N–H and O–H groups in total. The van der Waals surface area contributed by atoms with Crippen LogP contribution in [-0.2, 0) is 0 Å². The zero-order chi connectivity index (χ0) is 19.8. The summed E-state index contributed by atoms with van der Waals surface area (Å²) >= 11 is 0. The van der Waals surface area contributed by atoms with E-state index >= 15 is 0 Å². The van der Waals surface area contributed by atoms with Gasteiger partial charge in [-0.3, -0.25) is 0 Å². The number of hydrogen-bond donors (Lipinski definition) is 0. The molecule has 0 saturated carbocycles. The SMILES string of the molecule is [C]1=CCCCCCCCCCCCCCCCCCCCCCCCCCC1. The molecule has 0 fully saturated rings. The highest BCUT2D eigenvalue weighted by molar-refractivity contribution is 4.73. The van der Waals surface area contributed by atoms with Crippen molar-refractivity contribution in [2.24, 2.45) is 0 Å². The van der Waals surface area contributed by atoms with Crippen molar-refractivity contribution >= 4 is 0 Å². The van der Waals surface area contributed by atoms with Crippen LogP contribution in [0.4, 0.5) is 0 Å². The van der Waals surface area contributed by atoms with Crippen LogP contribution in [-0.4, -0.2) is 0 Å². The summed E-state index contributed by atoms with van der Waals surface area (Å²) in [5, 5.41) is 0. The van der Waals surface area contributed by atoms with Gasteiger partial charge in [-0.1, -0.05) is 147 Å². The molecule has 165 valence electrons. The third kappa shape index (κ3) is 20.5. The first-order valence-electron chi connectivity index (χ1n) is 13.6. The largest absolute Gasteiger partial charge is 0.0811 e. The van der Waals surface area contributed by atoms with Crippen molar-refractivity contribution < 1.29 is 0 Å². The molecule has 0 aliphatic heterocycles. The van der Waals surface area contributed by atoms with Crippen LogP contribution < -0.4 is 0 Å². The Morgan fingerprint density at radius 3 is 0.857 bits per heavy atom. The molecule has 0 amide bonds. The zero-order valence-corrected chi connectivity index (χ0v) is 19.5. The number of rotatable bonds is 0. The molecule has 0 aromatic carbocycles. The predicted octanol–water partition coefficient (Wildman–Crippen LogP) is 10.5. The Labute approximate surface area is 179 Å². The topological polar surface area (TPSA) is 0 Å². The van der Waals surface area contributed by atoms with Gasteiger partial charge in [-0.25, -0.2) is 0 Å². The number of allylic oxidation sites excluding steroid dienone is 2. The Morgan fingerprint density at radius 2 is 0.536 bits per heavy atom. The van der Waals surface area contributed by atoms with Crippen LogP contribution in [0.3, 0.4) is 0 Å². The molecule has 1 aliphatic rings. The highest BCUT2D eigenvalue weighted by Crippen LogP contribution is 2.16. The maximum absolute atomic E-state index is 3.53. The van der Waals surface area contributed by atoms with Gasteiger partial charge in [-0.05, 0) is 31.8 Å². The van der Waals surface area contributed by atoms with Gasteiger partial charge in [0.05, 0.1) is 0 Å². The van der Waals surface area contributed by atoms with Gasteiger partial charge in [0.25, 0.3) is 0 Å². The van der Waals surface area contributed by atoms with Gasteiger partial charge in [-0.15, -0.1) is 0 Å². The highest BCUT2D eigenvalue weighted by Gasteiger charge is 1.96. The third-order valence-corrected chi connectivity index (χ3v) is 6.56. The van der Waals surface area contributed by atoms with Crippen molar-refractivity contribution in [3.8, 4) is 0 Å². The fourth-order valence-corrected chi connectivity index (χ4v) is 4.57. The van der Waals surface area contributed by atoms with Crippen LogP contribution >= 0.6 is 0 Å². The van der Waals surface area contributed by atoms with Crippen molar-refractivity contribution in [3.63, 3.8) is 0 Å². The molecule has 0 spiro atoms. The molecule has 0 nitrogen and oxygen atoms in total. The lowest BCUT2D eigenvalue weighted by molar-refractivity contribution is 0.516. The molecular weight excluding hydrogens is 336 g/mol. The van der Waals surface area contributed by atoms with Crippen LogP contribution in [0.5, 0.6) is 0 Å². The molecule has 1 rings (SSSR count). The van der Waals surface area contributed by atoms with Gasteiger partial charge >= 0.3 is 0 Å². The van der Waals surface area contributed by atoms with Crippen LogP contribution in [0, 0.1) is 6.08 Å². The molecule has 0 bridgehead atoms. The Kier molecular flexibility index (Phi) is 21.2. The predicted molar refractivity (Wildman–Crippen MR) is 128 cm³/mol. The summed E-state index contributed by atoms with van der Waals surface area (Å²) in [6.45, 7) is 0. The van der Waals surface area contributed by atoms with E-state index in [-0.39, 0.29) is 0 Å². The van der Waals surface area contributed by atoms with E-state index in [0.717, 1.165) is 0 Å². The van der Waals surface area contributed by atoms with Crippen molar-refractivity contribution in [1.82, 2.24) is 0 Å². The third-order valence-electron chi connectivity index (χ3n) is 6.56. The van der Waals surface area contributed by atoms with Gasteiger partial charge in [0.1, 0.15) is 0 Å². The maximum atomic E-state index is 3.53. The molecule has 0 heteroatoms. The Balaban J connectivity index is 2.04. The van der Waals surface area contributed by atoms with Crippen molar-refractivity contribution in [2.45, 2.75) is 167 Å². The van der Waals surface area contributed by atoms with E-state index in [1.165, 1.54) is 167 Å². The van der Waals surface area contributed by atoms with E-state index in [2.05, 4.69) is 12.2 Å². The van der Waals surface area contributed by atoms with Crippen LogP contribution in [0.1, 0.15) is 167 Å². The lowest BCUT2D eigenvalue weighted by Crippen LogP contribution is -1.85. The molecule has 0 aromatic heterocycles. The molecule has 1 aliphatic carbocycles. The summed E-state index contributed by atoms with van der Waals surface area (Å²) in [6.07, 6.45) is 43.5. The molecule has 0 aromatic rings. The van der Waals surface area contributed by atoms with Crippen molar-refractivity contribution in [3.05, 3.63) is 12.2 Å². The first kappa shape index (κ1) is 25.8. The monoisotopic (exact) mass is 389 g/mol. The fourth-order valence-electron chi connectivity index (χ4n) is 4.57. The molecule has 0 unspecified atom stereocenters.